The van der Waals surface area contributed by atoms with E-state index >= 15 is 0 Å². The monoisotopic (exact) mass is 256 g/mol. The van der Waals surface area contributed by atoms with E-state index in [4.69, 9.17) is 14.6 Å². The second kappa shape index (κ2) is 14.0. The Labute approximate surface area is 99.6 Å². The summed E-state index contributed by atoms with van der Waals surface area (Å²) in [5.41, 5.74) is 0. The van der Waals surface area contributed by atoms with Crippen molar-refractivity contribution in [3.05, 3.63) is 0 Å². The molecule has 6 nitrogen and oxygen atoms in total. The summed E-state index contributed by atoms with van der Waals surface area (Å²) in [5, 5.41) is 7.37. The van der Waals surface area contributed by atoms with E-state index in [2.05, 4.69) is 27.8 Å². The molecule has 1 N–H and O–H groups in total. The van der Waals surface area contributed by atoms with Gasteiger partial charge in [-0.25, -0.2) is 4.79 Å². The van der Waals surface area contributed by atoms with Gasteiger partial charge in [-0.2, -0.15) is 0 Å². The molecular formula is C9H17ClO6. The molecule has 0 amide bonds. The third-order valence-corrected chi connectivity index (χ3v) is 1.37. The lowest BCUT2D eigenvalue weighted by Gasteiger charge is -2.02. The number of rotatable bonds is 6. The van der Waals surface area contributed by atoms with Crippen molar-refractivity contribution in [2.45, 2.75) is 26.7 Å². The van der Waals surface area contributed by atoms with Crippen molar-refractivity contribution in [3.8, 4) is 0 Å². The highest BCUT2D eigenvalue weighted by Crippen LogP contribution is 1.87. The summed E-state index contributed by atoms with van der Waals surface area (Å²) in [6.45, 7) is 5.15. The topological polar surface area (TPSA) is 82.1 Å². The molecule has 0 aliphatic heterocycles. The summed E-state index contributed by atoms with van der Waals surface area (Å²) in [5.74, 6) is -0.246. The van der Waals surface area contributed by atoms with Crippen LogP contribution in [0.25, 0.3) is 0 Å². The minimum atomic E-state index is -1.48. The van der Waals surface area contributed by atoms with Gasteiger partial charge in [-0.15, -0.1) is 0 Å². The maximum atomic E-state index is 10.3. The molecule has 0 heterocycles. The third kappa shape index (κ3) is 23.1. The average molecular weight is 257 g/mol. The Morgan fingerprint density at radius 2 is 1.81 bits per heavy atom. The van der Waals surface area contributed by atoms with Crippen LogP contribution in [0.2, 0.25) is 0 Å². The first kappa shape index (κ1) is 17.4. The molecule has 0 saturated heterocycles. The fourth-order valence-corrected chi connectivity index (χ4v) is 0.593. The molecule has 0 bridgehead atoms. The normalized spacial score (nSPS) is 8.69. The van der Waals surface area contributed by atoms with Crippen molar-refractivity contribution >= 4 is 24.0 Å². The molecule has 0 radical (unpaired) electrons. The predicted octanol–water partition coefficient (Wildman–Crippen LogP) is 2.20. The number of hydrogen-bond acceptors (Lipinski definition) is 5. The minimum absolute atomic E-state index is 0.246. The van der Waals surface area contributed by atoms with Gasteiger partial charge in [0, 0.05) is 13.5 Å². The fraction of sp³-hybridized carbons (Fsp3) is 0.778. The second-order valence-electron chi connectivity index (χ2n) is 2.65. The van der Waals surface area contributed by atoms with E-state index in [-0.39, 0.29) is 5.97 Å². The van der Waals surface area contributed by atoms with Crippen LogP contribution in [0.3, 0.4) is 0 Å². The van der Waals surface area contributed by atoms with Crippen LogP contribution in [0.1, 0.15) is 26.7 Å². The first-order valence-electron chi connectivity index (χ1n) is 4.77. The van der Waals surface area contributed by atoms with Crippen LogP contribution in [-0.2, 0) is 18.6 Å². The number of carbonyl (C=O) groups is 2. The SMILES string of the molecule is CCCCOCCOC(C)=O.O=C(O)OCl. The maximum Gasteiger partial charge on any atom is 0.524 e. The van der Waals surface area contributed by atoms with Gasteiger partial charge in [0.2, 0.25) is 0 Å². The molecule has 96 valence electrons. The third-order valence-electron chi connectivity index (χ3n) is 1.24. The van der Waals surface area contributed by atoms with Crippen molar-refractivity contribution in [2.24, 2.45) is 0 Å². The van der Waals surface area contributed by atoms with Gasteiger partial charge in [-0.3, -0.25) is 4.79 Å². The van der Waals surface area contributed by atoms with Crippen molar-refractivity contribution < 1.29 is 28.5 Å². The summed E-state index contributed by atoms with van der Waals surface area (Å²) >= 11 is 4.24. The number of esters is 1. The van der Waals surface area contributed by atoms with Gasteiger partial charge in [0.05, 0.1) is 6.61 Å². The van der Waals surface area contributed by atoms with E-state index in [1.807, 2.05) is 0 Å². The Kier molecular flexibility index (Phi) is 15.2. The first-order valence-corrected chi connectivity index (χ1v) is 5.08. The van der Waals surface area contributed by atoms with E-state index in [1.165, 1.54) is 6.92 Å². The molecular weight excluding hydrogens is 240 g/mol. The largest absolute Gasteiger partial charge is 0.524 e. The minimum Gasteiger partial charge on any atom is -0.463 e. The summed E-state index contributed by atoms with van der Waals surface area (Å²) < 4.78 is 12.9. The van der Waals surface area contributed by atoms with Gasteiger partial charge in [0.15, 0.2) is 0 Å². The lowest BCUT2D eigenvalue weighted by atomic mass is 10.4. The van der Waals surface area contributed by atoms with E-state index in [9.17, 15) is 4.79 Å². The molecule has 0 spiro atoms. The molecule has 0 aromatic carbocycles. The van der Waals surface area contributed by atoms with E-state index in [0.29, 0.717) is 13.2 Å². The second-order valence-corrected chi connectivity index (χ2v) is 2.80. The van der Waals surface area contributed by atoms with Crippen molar-refractivity contribution in [3.63, 3.8) is 0 Å². The van der Waals surface area contributed by atoms with Gasteiger partial charge in [-0.05, 0) is 6.42 Å². The molecule has 16 heavy (non-hydrogen) atoms. The van der Waals surface area contributed by atoms with Crippen LogP contribution in [0, 0.1) is 0 Å². The van der Waals surface area contributed by atoms with Crippen LogP contribution in [-0.4, -0.2) is 37.1 Å². The molecule has 0 aromatic rings. The van der Waals surface area contributed by atoms with Crippen LogP contribution in [0.4, 0.5) is 4.79 Å². The molecule has 0 atom stereocenters. The smallest absolute Gasteiger partial charge is 0.463 e. The Hall–Kier alpha value is -1.01. The van der Waals surface area contributed by atoms with Gasteiger partial charge in [0.1, 0.15) is 18.5 Å². The van der Waals surface area contributed by atoms with Crippen LogP contribution in [0.15, 0.2) is 0 Å². The number of unbranched alkanes of at least 4 members (excludes halogenated alkanes) is 1. The number of halogens is 1. The first-order chi connectivity index (χ1) is 7.54. The van der Waals surface area contributed by atoms with Crippen molar-refractivity contribution in [2.75, 3.05) is 19.8 Å². The number of carbonyl (C=O) groups excluding carboxylic acids is 1. The summed E-state index contributed by atoms with van der Waals surface area (Å²) in [6.07, 6.45) is 0.722. The molecule has 0 aliphatic carbocycles. The predicted molar refractivity (Wildman–Crippen MR) is 57.3 cm³/mol. The van der Waals surface area contributed by atoms with Crippen LogP contribution >= 0.6 is 11.9 Å². The lowest BCUT2D eigenvalue weighted by Crippen LogP contribution is -2.07. The molecule has 7 heteroatoms. The van der Waals surface area contributed by atoms with Crippen molar-refractivity contribution in [1.29, 1.82) is 0 Å². The standard InChI is InChI=1S/C8H16O3.CHClO3/c1-3-4-5-10-6-7-11-8(2)9;2-5-1(3)4/h3-7H2,1-2H3;(H,3,4). The molecule has 0 saturated carbocycles. The molecule has 0 rings (SSSR count). The Balaban J connectivity index is 0. The average Bonchev–Trinajstić information content (AvgIpc) is 2.23. The lowest BCUT2D eigenvalue weighted by molar-refractivity contribution is -0.142. The molecule has 0 fully saturated rings. The number of hydrogen-bond donors (Lipinski definition) is 1. The summed E-state index contributed by atoms with van der Waals surface area (Å²) in [6, 6.07) is 0. The Morgan fingerprint density at radius 3 is 2.19 bits per heavy atom. The van der Waals surface area contributed by atoms with Gasteiger partial charge in [0.25, 0.3) is 0 Å². The van der Waals surface area contributed by atoms with E-state index in [0.717, 1.165) is 19.4 Å². The van der Waals surface area contributed by atoms with Crippen LogP contribution < -0.4 is 0 Å². The van der Waals surface area contributed by atoms with Gasteiger partial charge in [-0.1, -0.05) is 13.3 Å². The highest BCUT2D eigenvalue weighted by Gasteiger charge is 1.91. The molecule has 0 unspecified atom stereocenters. The highest BCUT2D eigenvalue weighted by molar-refractivity contribution is 6.12. The summed E-state index contributed by atoms with van der Waals surface area (Å²) in [7, 11) is 0. The van der Waals surface area contributed by atoms with Gasteiger partial charge >= 0.3 is 12.1 Å². The Morgan fingerprint density at radius 1 is 1.25 bits per heavy atom. The maximum absolute atomic E-state index is 10.3. The highest BCUT2D eigenvalue weighted by atomic mass is 35.5. The van der Waals surface area contributed by atoms with E-state index in [1.54, 1.807) is 0 Å². The zero-order valence-corrected chi connectivity index (χ0v) is 10.2. The number of carboxylic acid groups (broad SMARTS) is 1. The number of ether oxygens (including phenoxy) is 2. The summed E-state index contributed by atoms with van der Waals surface area (Å²) in [4.78, 5) is 19.3. The van der Waals surface area contributed by atoms with Gasteiger partial charge < -0.3 is 18.9 Å². The molecule has 0 aliphatic rings. The molecule has 0 aromatic heterocycles. The van der Waals surface area contributed by atoms with Crippen molar-refractivity contribution in [1.82, 2.24) is 0 Å². The van der Waals surface area contributed by atoms with Crippen LogP contribution in [0.5, 0.6) is 0 Å². The zero-order valence-electron chi connectivity index (χ0n) is 9.40. The zero-order chi connectivity index (χ0) is 12.8. The quantitative estimate of drug-likeness (QED) is 0.579. The Bertz CT molecular complexity index is 185. The fourth-order valence-electron chi connectivity index (χ4n) is 0.593. The van der Waals surface area contributed by atoms with E-state index < -0.39 is 6.16 Å².